The predicted octanol–water partition coefficient (Wildman–Crippen LogP) is 4.61. The van der Waals surface area contributed by atoms with Crippen LogP contribution >= 0.6 is 0 Å². The fraction of sp³-hybridized carbons (Fsp3) is 0.550. The molecule has 1 fully saturated rings. The topological polar surface area (TPSA) is 31.9 Å². The van der Waals surface area contributed by atoms with E-state index in [2.05, 4.69) is 60.1 Å². The molecule has 2 aromatic rings. The summed E-state index contributed by atoms with van der Waals surface area (Å²) in [5.41, 5.74) is 5.19. The van der Waals surface area contributed by atoms with E-state index in [4.69, 9.17) is 0 Å². The largest absolute Gasteiger partial charge is 0.302 e. The van der Waals surface area contributed by atoms with Gasteiger partial charge >= 0.3 is 0 Å². The van der Waals surface area contributed by atoms with Crippen molar-refractivity contribution in [3.05, 3.63) is 41.7 Å². The number of hydrogen-bond donors (Lipinski definition) is 1. The number of benzene rings is 1. The Morgan fingerprint density at radius 1 is 1.39 bits per heavy atom. The SMILES string of the molecule is CC[C@H](C)CN1CCC[C@H](c2[nH]ncc2-c2cccc(C)c2)C1. The van der Waals surface area contributed by atoms with Gasteiger partial charge in [0.15, 0.2) is 0 Å². The minimum Gasteiger partial charge on any atom is -0.302 e. The van der Waals surface area contributed by atoms with E-state index in [0.717, 1.165) is 12.5 Å². The highest BCUT2D eigenvalue weighted by atomic mass is 15.2. The van der Waals surface area contributed by atoms with Crippen LogP contribution in [0.1, 0.15) is 50.3 Å². The van der Waals surface area contributed by atoms with Gasteiger partial charge in [0, 0.05) is 30.3 Å². The maximum Gasteiger partial charge on any atom is 0.0568 e. The number of nitrogens with zero attached hydrogens (tertiary/aromatic N) is 2. The van der Waals surface area contributed by atoms with E-state index in [0.29, 0.717) is 5.92 Å². The zero-order valence-electron chi connectivity index (χ0n) is 14.7. The molecule has 124 valence electrons. The van der Waals surface area contributed by atoms with E-state index in [9.17, 15) is 0 Å². The molecular formula is C20H29N3. The Hall–Kier alpha value is -1.61. The van der Waals surface area contributed by atoms with Gasteiger partial charge < -0.3 is 4.90 Å². The highest BCUT2D eigenvalue weighted by Crippen LogP contribution is 2.33. The van der Waals surface area contributed by atoms with Gasteiger partial charge in [-0.25, -0.2) is 0 Å². The summed E-state index contributed by atoms with van der Waals surface area (Å²) < 4.78 is 0. The number of likely N-dealkylation sites (tertiary alicyclic amines) is 1. The summed E-state index contributed by atoms with van der Waals surface area (Å²) in [6.45, 7) is 10.4. The number of piperidine rings is 1. The molecule has 2 atom stereocenters. The predicted molar refractivity (Wildman–Crippen MR) is 96.6 cm³/mol. The molecule has 1 aromatic heterocycles. The van der Waals surface area contributed by atoms with Crippen molar-refractivity contribution in [3.63, 3.8) is 0 Å². The first-order valence-corrected chi connectivity index (χ1v) is 9.00. The second kappa shape index (κ2) is 7.31. The number of aromatic nitrogens is 2. The van der Waals surface area contributed by atoms with Crippen LogP contribution in [-0.4, -0.2) is 34.7 Å². The van der Waals surface area contributed by atoms with E-state index in [1.165, 1.54) is 54.7 Å². The average molecular weight is 311 g/mol. The molecule has 0 unspecified atom stereocenters. The molecule has 0 bridgehead atoms. The summed E-state index contributed by atoms with van der Waals surface area (Å²) in [4.78, 5) is 2.64. The molecule has 1 aliphatic heterocycles. The molecule has 1 saturated heterocycles. The zero-order valence-corrected chi connectivity index (χ0v) is 14.7. The van der Waals surface area contributed by atoms with Crippen LogP contribution in [-0.2, 0) is 0 Å². The van der Waals surface area contributed by atoms with Crippen LogP contribution in [0, 0.1) is 12.8 Å². The third-order valence-corrected chi connectivity index (χ3v) is 5.18. The molecule has 3 nitrogen and oxygen atoms in total. The Labute approximate surface area is 140 Å². The molecule has 1 aliphatic rings. The molecule has 0 spiro atoms. The van der Waals surface area contributed by atoms with E-state index >= 15 is 0 Å². The molecule has 0 aliphatic carbocycles. The van der Waals surface area contributed by atoms with Crippen molar-refractivity contribution in [1.29, 1.82) is 0 Å². The van der Waals surface area contributed by atoms with Gasteiger partial charge in [-0.15, -0.1) is 0 Å². The number of rotatable bonds is 5. The number of aromatic amines is 1. The van der Waals surface area contributed by atoms with E-state index in [1.807, 2.05) is 6.20 Å². The monoisotopic (exact) mass is 311 g/mol. The van der Waals surface area contributed by atoms with Gasteiger partial charge in [0.2, 0.25) is 0 Å². The lowest BCUT2D eigenvalue weighted by Crippen LogP contribution is -2.37. The van der Waals surface area contributed by atoms with Crippen molar-refractivity contribution in [2.24, 2.45) is 5.92 Å². The highest BCUT2D eigenvalue weighted by Gasteiger charge is 2.25. The third kappa shape index (κ3) is 3.84. The molecule has 1 aromatic carbocycles. The fourth-order valence-corrected chi connectivity index (χ4v) is 3.68. The molecule has 3 heteroatoms. The molecular weight excluding hydrogens is 282 g/mol. The van der Waals surface area contributed by atoms with Crippen LogP contribution in [0.25, 0.3) is 11.1 Å². The van der Waals surface area contributed by atoms with Crippen LogP contribution in [0.5, 0.6) is 0 Å². The van der Waals surface area contributed by atoms with E-state index in [-0.39, 0.29) is 0 Å². The summed E-state index contributed by atoms with van der Waals surface area (Å²) in [5, 5.41) is 7.67. The summed E-state index contributed by atoms with van der Waals surface area (Å²) >= 11 is 0. The van der Waals surface area contributed by atoms with Crippen molar-refractivity contribution in [3.8, 4) is 11.1 Å². The van der Waals surface area contributed by atoms with E-state index in [1.54, 1.807) is 0 Å². The van der Waals surface area contributed by atoms with Crippen molar-refractivity contribution in [2.45, 2.75) is 46.0 Å². The second-order valence-corrected chi connectivity index (χ2v) is 7.18. The maximum absolute atomic E-state index is 4.36. The minimum atomic E-state index is 0.575. The number of nitrogens with one attached hydrogen (secondary N) is 1. The van der Waals surface area contributed by atoms with Gasteiger partial charge in [-0.05, 0) is 37.8 Å². The molecule has 0 radical (unpaired) electrons. The van der Waals surface area contributed by atoms with Gasteiger partial charge in [0.1, 0.15) is 0 Å². The Morgan fingerprint density at radius 2 is 2.26 bits per heavy atom. The van der Waals surface area contributed by atoms with Crippen LogP contribution in [0.15, 0.2) is 30.5 Å². The molecule has 1 N–H and O–H groups in total. The first-order chi connectivity index (χ1) is 11.2. The summed E-state index contributed by atoms with van der Waals surface area (Å²) in [6, 6.07) is 8.74. The van der Waals surface area contributed by atoms with Gasteiger partial charge in [-0.3, -0.25) is 5.10 Å². The molecule has 0 saturated carbocycles. The van der Waals surface area contributed by atoms with Crippen molar-refractivity contribution in [1.82, 2.24) is 15.1 Å². The first-order valence-electron chi connectivity index (χ1n) is 9.00. The first kappa shape index (κ1) is 16.3. The quantitative estimate of drug-likeness (QED) is 0.874. The summed E-state index contributed by atoms with van der Waals surface area (Å²) in [6.07, 6.45) is 5.81. The number of H-pyrrole nitrogens is 1. The Bertz CT molecular complexity index is 631. The third-order valence-electron chi connectivity index (χ3n) is 5.18. The van der Waals surface area contributed by atoms with Crippen LogP contribution in [0.2, 0.25) is 0 Å². The smallest absolute Gasteiger partial charge is 0.0568 e. The lowest BCUT2D eigenvalue weighted by Gasteiger charge is -2.34. The van der Waals surface area contributed by atoms with Gasteiger partial charge in [-0.1, -0.05) is 50.1 Å². The highest BCUT2D eigenvalue weighted by molar-refractivity contribution is 5.66. The second-order valence-electron chi connectivity index (χ2n) is 7.18. The van der Waals surface area contributed by atoms with Crippen molar-refractivity contribution in [2.75, 3.05) is 19.6 Å². The standard InChI is InChI=1S/C20H29N3/c1-4-15(2)13-23-10-6-9-18(14-23)20-19(12-21-22-20)17-8-5-7-16(3)11-17/h5,7-8,11-12,15,18H,4,6,9-10,13-14H2,1-3H3,(H,21,22)/t15-,18-/m0/s1. The van der Waals surface area contributed by atoms with Crippen LogP contribution < -0.4 is 0 Å². The minimum absolute atomic E-state index is 0.575. The average Bonchev–Trinajstić information content (AvgIpc) is 3.04. The summed E-state index contributed by atoms with van der Waals surface area (Å²) in [7, 11) is 0. The van der Waals surface area contributed by atoms with Crippen molar-refractivity contribution < 1.29 is 0 Å². The Kier molecular flexibility index (Phi) is 5.16. The maximum atomic E-state index is 4.36. The number of hydrogen-bond acceptors (Lipinski definition) is 2. The van der Waals surface area contributed by atoms with Crippen LogP contribution in [0.3, 0.4) is 0 Å². The lowest BCUT2D eigenvalue weighted by molar-refractivity contribution is 0.180. The fourth-order valence-electron chi connectivity index (χ4n) is 3.68. The Balaban J connectivity index is 1.78. The van der Waals surface area contributed by atoms with Crippen LogP contribution in [0.4, 0.5) is 0 Å². The lowest BCUT2D eigenvalue weighted by atomic mass is 9.90. The molecule has 3 rings (SSSR count). The Morgan fingerprint density at radius 3 is 3.04 bits per heavy atom. The van der Waals surface area contributed by atoms with Crippen molar-refractivity contribution >= 4 is 0 Å². The van der Waals surface area contributed by atoms with Gasteiger partial charge in [-0.2, -0.15) is 5.10 Å². The van der Waals surface area contributed by atoms with Gasteiger partial charge in [0.05, 0.1) is 6.20 Å². The number of aryl methyl sites for hydroxylation is 1. The normalized spacial score (nSPS) is 20.6. The van der Waals surface area contributed by atoms with Gasteiger partial charge in [0.25, 0.3) is 0 Å². The molecule has 23 heavy (non-hydrogen) atoms. The van der Waals surface area contributed by atoms with E-state index < -0.39 is 0 Å². The molecule has 2 heterocycles. The summed E-state index contributed by atoms with van der Waals surface area (Å²) in [5.74, 6) is 1.36. The zero-order chi connectivity index (χ0) is 16.2. The molecule has 0 amide bonds.